The number of hydrogen-bond acceptors (Lipinski definition) is 6. The SMILES string of the molecule is CC(C)(C)OC(=O)N1CCC(NC(=O)c2cccc3[nH]c(-c4cc(I)cnc4N)nc23)CC1. The van der Waals surface area contributed by atoms with Gasteiger partial charge in [-0.05, 0) is 74.4 Å². The number of amides is 2. The third-order valence-electron chi connectivity index (χ3n) is 5.38. The number of halogens is 1. The van der Waals surface area contributed by atoms with E-state index in [2.05, 4.69) is 42.9 Å². The lowest BCUT2D eigenvalue weighted by atomic mass is 10.0. The van der Waals surface area contributed by atoms with Gasteiger partial charge < -0.3 is 25.7 Å². The van der Waals surface area contributed by atoms with Gasteiger partial charge in [0, 0.05) is 28.9 Å². The van der Waals surface area contributed by atoms with Crippen LogP contribution in [-0.2, 0) is 4.74 Å². The standard InChI is InChI=1S/C23H27IN6O3/c1-23(2,3)33-22(32)30-9-7-14(8-10-30)27-21(31)15-5-4-6-17-18(15)29-20(28-17)16-11-13(24)12-26-19(16)25/h4-6,11-12,14H,7-10H2,1-3H3,(H2,25,26)(H,27,31)(H,28,29). The van der Waals surface area contributed by atoms with Crippen molar-refractivity contribution in [1.82, 2.24) is 25.2 Å². The molecule has 4 N–H and O–H groups in total. The number of ether oxygens (including phenoxy) is 1. The quantitative estimate of drug-likeness (QED) is 0.416. The first kappa shape index (κ1) is 23.3. The number of benzene rings is 1. The van der Waals surface area contributed by atoms with Gasteiger partial charge in [0.2, 0.25) is 0 Å². The summed E-state index contributed by atoms with van der Waals surface area (Å²) in [5.41, 5.74) is 8.02. The van der Waals surface area contributed by atoms with Crippen molar-refractivity contribution in [3.8, 4) is 11.4 Å². The zero-order valence-corrected chi connectivity index (χ0v) is 21.0. The molecule has 0 atom stereocenters. The van der Waals surface area contributed by atoms with Crippen molar-refractivity contribution < 1.29 is 14.3 Å². The second-order valence-electron chi connectivity index (χ2n) is 9.09. The lowest BCUT2D eigenvalue weighted by Crippen LogP contribution is -2.47. The van der Waals surface area contributed by atoms with Gasteiger partial charge in [-0.25, -0.2) is 14.8 Å². The van der Waals surface area contributed by atoms with E-state index in [1.807, 2.05) is 39.0 Å². The van der Waals surface area contributed by atoms with Crippen LogP contribution >= 0.6 is 22.6 Å². The summed E-state index contributed by atoms with van der Waals surface area (Å²) in [6.45, 7) is 6.62. The van der Waals surface area contributed by atoms with Crippen molar-refractivity contribution in [2.24, 2.45) is 0 Å². The maximum absolute atomic E-state index is 13.1. The molecule has 2 aromatic heterocycles. The number of hydrogen-bond donors (Lipinski definition) is 3. The minimum Gasteiger partial charge on any atom is -0.444 e. The summed E-state index contributed by atoms with van der Waals surface area (Å²) >= 11 is 2.17. The van der Waals surface area contributed by atoms with E-state index in [-0.39, 0.29) is 18.0 Å². The minimum atomic E-state index is -0.526. The van der Waals surface area contributed by atoms with Gasteiger partial charge in [0.05, 0.1) is 16.6 Å². The molecule has 1 fully saturated rings. The number of carbonyl (C=O) groups is 2. The first-order valence-corrected chi connectivity index (χ1v) is 11.9. The minimum absolute atomic E-state index is 0.0274. The summed E-state index contributed by atoms with van der Waals surface area (Å²) in [5, 5.41) is 3.09. The van der Waals surface area contributed by atoms with E-state index in [1.54, 1.807) is 17.2 Å². The molecule has 1 saturated heterocycles. The van der Waals surface area contributed by atoms with Crippen molar-refractivity contribution in [2.75, 3.05) is 18.8 Å². The Hall–Kier alpha value is -2.89. The number of nitrogens with two attached hydrogens (primary N) is 1. The molecule has 3 heterocycles. The van der Waals surface area contributed by atoms with Crippen LogP contribution in [0.15, 0.2) is 30.5 Å². The largest absolute Gasteiger partial charge is 0.444 e. The molecule has 0 aliphatic carbocycles. The number of aromatic nitrogens is 3. The molecule has 0 spiro atoms. The zero-order chi connectivity index (χ0) is 23.8. The van der Waals surface area contributed by atoms with Crippen LogP contribution in [0, 0.1) is 3.57 Å². The van der Waals surface area contributed by atoms with Crippen LogP contribution in [0.2, 0.25) is 0 Å². The number of para-hydroxylation sites is 1. The Bertz CT molecular complexity index is 1190. The van der Waals surface area contributed by atoms with E-state index >= 15 is 0 Å². The maximum Gasteiger partial charge on any atom is 0.410 e. The van der Waals surface area contributed by atoms with Gasteiger partial charge in [0.25, 0.3) is 5.91 Å². The molecular weight excluding hydrogens is 535 g/mol. The van der Waals surface area contributed by atoms with E-state index in [4.69, 9.17) is 10.5 Å². The van der Waals surface area contributed by atoms with Gasteiger partial charge in [-0.15, -0.1) is 0 Å². The number of fused-ring (bicyclic) bond motifs is 1. The monoisotopic (exact) mass is 562 g/mol. The lowest BCUT2D eigenvalue weighted by molar-refractivity contribution is 0.0199. The molecule has 1 aliphatic heterocycles. The molecule has 174 valence electrons. The van der Waals surface area contributed by atoms with E-state index in [9.17, 15) is 9.59 Å². The summed E-state index contributed by atoms with van der Waals surface area (Å²) in [5.74, 6) is 0.750. The Morgan fingerprint density at radius 3 is 2.70 bits per heavy atom. The number of rotatable bonds is 3. The molecule has 1 aliphatic rings. The molecule has 10 heteroatoms. The fourth-order valence-corrected chi connectivity index (χ4v) is 4.23. The number of likely N-dealkylation sites (tertiary alicyclic amines) is 1. The van der Waals surface area contributed by atoms with Crippen LogP contribution in [0.3, 0.4) is 0 Å². The first-order chi connectivity index (χ1) is 15.6. The molecule has 4 rings (SSSR count). The van der Waals surface area contributed by atoms with Crippen LogP contribution in [0.5, 0.6) is 0 Å². The highest BCUT2D eigenvalue weighted by molar-refractivity contribution is 14.1. The summed E-state index contributed by atoms with van der Waals surface area (Å²) in [6.07, 6.45) is 2.70. The Morgan fingerprint density at radius 2 is 2.00 bits per heavy atom. The van der Waals surface area contributed by atoms with Crippen molar-refractivity contribution >= 4 is 51.4 Å². The predicted octanol–water partition coefficient (Wildman–Crippen LogP) is 3.94. The molecule has 2 amide bonds. The fourth-order valence-electron chi connectivity index (χ4n) is 3.78. The van der Waals surface area contributed by atoms with Crippen molar-refractivity contribution in [1.29, 1.82) is 0 Å². The third kappa shape index (κ3) is 5.37. The van der Waals surface area contributed by atoms with Crippen LogP contribution in [0.1, 0.15) is 44.0 Å². The molecule has 0 unspecified atom stereocenters. The average molecular weight is 562 g/mol. The number of anilines is 1. The number of H-pyrrole nitrogens is 1. The third-order valence-corrected chi connectivity index (χ3v) is 5.97. The van der Waals surface area contributed by atoms with Gasteiger partial charge in [-0.3, -0.25) is 4.79 Å². The van der Waals surface area contributed by atoms with Crippen LogP contribution in [0.25, 0.3) is 22.4 Å². The highest BCUT2D eigenvalue weighted by Crippen LogP contribution is 2.27. The highest BCUT2D eigenvalue weighted by Gasteiger charge is 2.28. The smallest absolute Gasteiger partial charge is 0.410 e. The van der Waals surface area contributed by atoms with Crippen molar-refractivity contribution in [3.05, 3.63) is 39.6 Å². The Labute approximate surface area is 205 Å². The van der Waals surface area contributed by atoms with E-state index in [0.29, 0.717) is 54.2 Å². The lowest BCUT2D eigenvalue weighted by Gasteiger charge is -2.33. The second-order valence-corrected chi connectivity index (χ2v) is 10.3. The topological polar surface area (TPSA) is 126 Å². The second kappa shape index (κ2) is 9.16. The zero-order valence-electron chi connectivity index (χ0n) is 18.8. The van der Waals surface area contributed by atoms with Gasteiger partial charge in [-0.2, -0.15) is 0 Å². The first-order valence-electron chi connectivity index (χ1n) is 10.8. The number of nitrogen functional groups attached to an aromatic ring is 1. The molecule has 0 saturated carbocycles. The van der Waals surface area contributed by atoms with Gasteiger partial charge in [-0.1, -0.05) is 6.07 Å². The van der Waals surface area contributed by atoms with E-state index in [0.717, 1.165) is 9.09 Å². The number of nitrogens with zero attached hydrogens (tertiary/aromatic N) is 3. The average Bonchev–Trinajstić information content (AvgIpc) is 3.18. The predicted molar refractivity (Wildman–Crippen MR) is 135 cm³/mol. The number of carbonyl (C=O) groups excluding carboxylic acids is 2. The Morgan fingerprint density at radius 1 is 1.27 bits per heavy atom. The Balaban J connectivity index is 1.46. The van der Waals surface area contributed by atoms with E-state index in [1.165, 1.54) is 0 Å². The van der Waals surface area contributed by atoms with E-state index < -0.39 is 5.60 Å². The summed E-state index contributed by atoms with van der Waals surface area (Å²) in [4.78, 5) is 39.1. The van der Waals surface area contributed by atoms with Crippen molar-refractivity contribution in [3.63, 3.8) is 0 Å². The maximum atomic E-state index is 13.1. The van der Waals surface area contributed by atoms with Crippen LogP contribution in [0.4, 0.5) is 10.6 Å². The summed E-state index contributed by atoms with van der Waals surface area (Å²) in [6, 6.07) is 7.33. The van der Waals surface area contributed by atoms with Crippen molar-refractivity contribution in [2.45, 2.75) is 45.3 Å². The normalized spacial score (nSPS) is 15.0. The number of imidazole rings is 1. The number of pyridine rings is 1. The highest BCUT2D eigenvalue weighted by atomic mass is 127. The van der Waals surface area contributed by atoms with Gasteiger partial charge in [0.1, 0.15) is 22.8 Å². The molecule has 0 bridgehead atoms. The summed E-state index contributed by atoms with van der Waals surface area (Å²) in [7, 11) is 0. The van der Waals surface area contributed by atoms with Crippen LogP contribution < -0.4 is 11.1 Å². The number of aromatic amines is 1. The number of nitrogens with one attached hydrogen (secondary N) is 2. The number of piperidine rings is 1. The summed E-state index contributed by atoms with van der Waals surface area (Å²) < 4.78 is 6.38. The molecule has 33 heavy (non-hydrogen) atoms. The molecule has 3 aromatic rings. The fraction of sp³-hybridized carbons (Fsp3) is 0.391. The molecule has 9 nitrogen and oxygen atoms in total. The molecular formula is C23H27IN6O3. The van der Waals surface area contributed by atoms with Gasteiger partial charge >= 0.3 is 6.09 Å². The Kier molecular flexibility index (Phi) is 6.46. The molecule has 1 aromatic carbocycles. The van der Waals surface area contributed by atoms with Gasteiger partial charge in [0.15, 0.2) is 0 Å². The van der Waals surface area contributed by atoms with Crippen LogP contribution in [-0.4, -0.2) is 56.6 Å². The molecule has 0 radical (unpaired) electrons.